The SMILES string of the molecule is Cc1ccc(Cn2ccsc2=NC(=O)[C@H](C)NC(=O)c2ccco2)cc1. The van der Waals surface area contributed by atoms with Crippen molar-refractivity contribution in [3.63, 3.8) is 0 Å². The number of thiazole rings is 1. The average molecular weight is 369 g/mol. The van der Waals surface area contributed by atoms with E-state index in [0.717, 1.165) is 5.56 Å². The fraction of sp³-hybridized carbons (Fsp3) is 0.211. The number of hydrogen-bond acceptors (Lipinski definition) is 4. The van der Waals surface area contributed by atoms with Gasteiger partial charge in [0.2, 0.25) is 0 Å². The van der Waals surface area contributed by atoms with Crippen molar-refractivity contribution in [1.29, 1.82) is 0 Å². The van der Waals surface area contributed by atoms with E-state index in [1.54, 1.807) is 19.1 Å². The minimum atomic E-state index is -0.748. The fourth-order valence-corrected chi connectivity index (χ4v) is 3.06. The molecule has 6 nitrogen and oxygen atoms in total. The molecule has 0 saturated heterocycles. The van der Waals surface area contributed by atoms with Crippen LogP contribution < -0.4 is 10.1 Å². The van der Waals surface area contributed by atoms with Gasteiger partial charge in [-0.25, -0.2) is 0 Å². The molecule has 3 aromatic rings. The number of furan rings is 1. The summed E-state index contributed by atoms with van der Waals surface area (Å²) in [6, 6.07) is 10.6. The first-order chi connectivity index (χ1) is 12.5. The van der Waals surface area contributed by atoms with Gasteiger partial charge in [0.25, 0.3) is 11.8 Å². The van der Waals surface area contributed by atoms with Crippen molar-refractivity contribution in [3.05, 3.63) is 75.9 Å². The Balaban J connectivity index is 1.71. The van der Waals surface area contributed by atoms with Crippen LogP contribution in [0.15, 0.2) is 63.6 Å². The normalized spacial score (nSPS) is 12.8. The third-order valence-corrected chi connectivity index (χ3v) is 4.60. The molecule has 0 aliphatic heterocycles. The van der Waals surface area contributed by atoms with Gasteiger partial charge in [-0.2, -0.15) is 4.99 Å². The van der Waals surface area contributed by atoms with Crippen LogP contribution in [0.5, 0.6) is 0 Å². The molecule has 0 spiro atoms. The number of carbonyl (C=O) groups excluding carboxylic acids is 2. The highest BCUT2D eigenvalue weighted by Gasteiger charge is 2.17. The molecule has 2 aromatic heterocycles. The second kappa shape index (κ2) is 7.97. The number of hydrogen-bond donors (Lipinski definition) is 1. The summed E-state index contributed by atoms with van der Waals surface area (Å²) in [7, 11) is 0. The second-order valence-electron chi connectivity index (χ2n) is 5.92. The standard InChI is InChI=1S/C19H19N3O3S/c1-13-5-7-15(8-6-13)12-22-9-11-26-19(22)21-17(23)14(2)20-18(24)16-4-3-10-25-16/h3-11,14H,12H2,1-2H3,(H,20,24)/t14-/m0/s1. The van der Waals surface area contributed by atoms with Crippen LogP contribution in [0, 0.1) is 6.92 Å². The molecule has 2 amide bonds. The third kappa shape index (κ3) is 4.37. The maximum Gasteiger partial charge on any atom is 0.287 e. The summed E-state index contributed by atoms with van der Waals surface area (Å²) in [4.78, 5) is 29.1. The monoisotopic (exact) mass is 369 g/mol. The molecule has 1 aromatic carbocycles. The van der Waals surface area contributed by atoms with Gasteiger partial charge >= 0.3 is 0 Å². The van der Waals surface area contributed by atoms with Gasteiger partial charge in [0.05, 0.1) is 6.26 Å². The molecule has 0 saturated carbocycles. The lowest BCUT2D eigenvalue weighted by Gasteiger charge is -2.09. The molecule has 2 heterocycles. The van der Waals surface area contributed by atoms with Crippen molar-refractivity contribution < 1.29 is 14.0 Å². The first-order valence-electron chi connectivity index (χ1n) is 8.15. The Labute approximate surface area is 154 Å². The molecule has 7 heteroatoms. The zero-order valence-electron chi connectivity index (χ0n) is 14.5. The van der Waals surface area contributed by atoms with E-state index in [1.807, 2.05) is 23.1 Å². The predicted molar refractivity (Wildman–Crippen MR) is 98.8 cm³/mol. The first kappa shape index (κ1) is 17.9. The number of aryl methyl sites for hydroxylation is 1. The van der Waals surface area contributed by atoms with Crippen molar-refractivity contribution >= 4 is 23.2 Å². The van der Waals surface area contributed by atoms with Gasteiger partial charge in [-0.05, 0) is 31.5 Å². The smallest absolute Gasteiger partial charge is 0.287 e. The van der Waals surface area contributed by atoms with Gasteiger partial charge in [0.1, 0.15) is 6.04 Å². The maximum absolute atomic E-state index is 12.3. The molecule has 0 aliphatic carbocycles. The Morgan fingerprint density at radius 2 is 2.04 bits per heavy atom. The van der Waals surface area contributed by atoms with Crippen LogP contribution in [0.2, 0.25) is 0 Å². The first-order valence-corrected chi connectivity index (χ1v) is 9.03. The summed E-state index contributed by atoms with van der Waals surface area (Å²) in [5.41, 5.74) is 2.33. The summed E-state index contributed by atoms with van der Waals surface area (Å²) in [5.74, 6) is -0.690. The molecule has 134 valence electrons. The van der Waals surface area contributed by atoms with Gasteiger partial charge in [-0.15, -0.1) is 11.3 Å². The molecule has 1 atom stereocenters. The number of amides is 2. The number of nitrogens with one attached hydrogen (secondary N) is 1. The largest absolute Gasteiger partial charge is 0.459 e. The lowest BCUT2D eigenvalue weighted by atomic mass is 10.1. The van der Waals surface area contributed by atoms with E-state index in [4.69, 9.17) is 4.42 Å². The topological polar surface area (TPSA) is 76.6 Å². The minimum Gasteiger partial charge on any atom is -0.459 e. The molecule has 0 fully saturated rings. The third-order valence-electron chi connectivity index (χ3n) is 3.80. The van der Waals surface area contributed by atoms with Crippen molar-refractivity contribution in [2.24, 2.45) is 4.99 Å². The maximum atomic E-state index is 12.3. The quantitative estimate of drug-likeness (QED) is 0.751. The number of rotatable bonds is 5. The predicted octanol–water partition coefficient (Wildman–Crippen LogP) is 2.75. The molecule has 26 heavy (non-hydrogen) atoms. The Hall–Kier alpha value is -2.93. The van der Waals surface area contributed by atoms with Crippen LogP contribution in [0.25, 0.3) is 0 Å². The van der Waals surface area contributed by atoms with Gasteiger partial charge < -0.3 is 14.3 Å². The Kier molecular flexibility index (Phi) is 5.48. The zero-order valence-corrected chi connectivity index (χ0v) is 15.3. The Morgan fingerprint density at radius 1 is 1.27 bits per heavy atom. The van der Waals surface area contributed by atoms with Gasteiger partial charge in [0, 0.05) is 18.1 Å². The molecule has 0 radical (unpaired) electrons. The van der Waals surface area contributed by atoms with Crippen LogP contribution in [0.3, 0.4) is 0 Å². The molecule has 0 bridgehead atoms. The molecular formula is C19H19N3O3S. The summed E-state index contributed by atoms with van der Waals surface area (Å²) >= 11 is 1.38. The minimum absolute atomic E-state index is 0.162. The molecular weight excluding hydrogens is 350 g/mol. The fourth-order valence-electron chi connectivity index (χ4n) is 2.33. The van der Waals surface area contributed by atoms with E-state index in [2.05, 4.69) is 34.6 Å². The van der Waals surface area contributed by atoms with Crippen molar-refractivity contribution in [1.82, 2.24) is 9.88 Å². The van der Waals surface area contributed by atoms with E-state index < -0.39 is 17.9 Å². The Morgan fingerprint density at radius 3 is 2.73 bits per heavy atom. The highest BCUT2D eigenvalue weighted by atomic mass is 32.1. The van der Waals surface area contributed by atoms with Crippen LogP contribution in [0.1, 0.15) is 28.6 Å². The molecule has 0 aliphatic rings. The van der Waals surface area contributed by atoms with Crippen LogP contribution in [-0.4, -0.2) is 22.4 Å². The van der Waals surface area contributed by atoms with Gasteiger partial charge in [-0.3, -0.25) is 9.59 Å². The highest BCUT2D eigenvalue weighted by Crippen LogP contribution is 2.05. The summed E-state index contributed by atoms with van der Waals surface area (Å²) in [5, 5.41) is 4.47. The second-order valence-corrected chi connectivity index (χ2v) is 6.79. The van der Waals surface area contributed by atoms with Gasteiger partial charge in [0.15, 0.2) is 10.6 Å². The lowest BCUT2D eigenvalue weighted by Crippen LogP contribution is -2.38. The van der Waals surface area contributed by atoms with Crippen molar-refractivity contribution in [3.8, 4) is 0 Å². The van der Waals surface area contributed by atoms with E-state index in [-0.39, 0.29) is 5.76 Å². The number of carbonyl (C=O) groups is 2. The Bertz CT molecular complexity index is 953. The lowest BCUT2D eigenvalue weighted by molar-refractivity contribution is -0.119. The number of aromatic nitrogens is 1. The summed E-state index contributed by atoms with van der Waals surface area (Å²) in [6.45, 7) is 4.27. The molecule has 1 N–H and O–H groups in total. The van der Waals surface area contributed by atoms with E-state index in [1.165, 1.54) is 23.2 Å². The van der Waals surface area contributed by atoms with Crippen molar-refractivity contribution in [2.45, 2.75) is 26.4 Å². The van der Waals surface area contributed by atoms with E-state index in [9.17, 15) is 9.59 Å². The molecule has 3 rings (SSSR count). The van der Waals surface area contributed by atoms with E-state index in [0.29, 0.717) is 11.3 Å². The number of benzene rings is 1. The average Bonchev–Trinajstić information content (AvgIpc) is 3.29. The van der Waals surface area contributed by atoms with Crippen LogP contribution >= 0.6 is 11.3 Å². The molecule has 0 unspecified atom stereocenters. The van der Waals surface area contributed by atoms with Crippen LogP contribution in [-0.2, 0) is 11.3 Å². The zero-order chi connectivity index (χ0) is 18.5. The summed E-state index contributed by atoms with van der Waals surface area (Å²) in [6.07, 6.45) is 3.30. The number of nitrogens with zero attached hydrogens (tertiary/aromatic N) is 2. The van der Waals surface area contributed by atoms with E-state index >= 15 is 0 Å². The van der Waals surface area contributed by atoms with Crippen molar-refractivity contribution in [2.75, 3.05) is 0 Å². The highest BCUT2D eigenvalue weighted by molar-refractivity contribution is 7.07. The van der Waals surface area contributed by atoms with Gasteiger partial charge in [-0.1, -0.05) is 29.8 Å². The summed E-state index contributed by atoms with van der Waals surface area (Å²) < 4.78 is 6.93. The van der Waals surface area contributed by atoms with Crippen LogP contribution in [0.4, 0.5) is 0 Å².